The van der Waals surface area contributed by atoms with Crippen molar-refractivity contribution >= 4 is 29.3 Å². The summed E-state index contributed by atoms with van der Waals surface area (Å²) in [5, 5.41) is 13.8. The average Bonchev–Trinajstić information content (AvgIpc) is 3.75. The second kappa shape index (κ2) is 13.8. The third-order valence-electron chi connectivity index (χ3n) is 13.2. The number of hydrogen-bond donors (Lipinski definition) is 2. The lowest BCUT2D eigenvalue weighted by Crippen LogP contribution is -2.57. The number of aryl methyl sites for hydroxylation is 2. The number of nitrogens with one attached hydrogen (secondary N) is 1. The first-order chi connectivity index (χ1) is 22.6. The van der Waals surface area contributed by atoms with E-state index in [2.05, 4.69) is 24.2 Å². The van der Waals surface area contributed by atoms with E-state index in [0.29, 0.717) is 49.6 Å². The summed E-state index contributed by atoms with van der Waals surface area (Å²) < 4.78 is 22.4. The number of likely N-dealkylation sites (N-methyl/N-ethyl adjacent to an activating group) is 1. The highest BCUT2D eigenvalue weighted by Crippen LogP contribution is 2.54. The molecule has 11 heteroatoms. The van der Waals surface area contributed by atoms with Crippen molar-refractivity contribution in [2.24, 2.45) is 23.7 Å². The number of alkyl halides is 2. The molecule has 2 aliphatic heterocycles. The normalized spacial score (nSPS) is 39.7. The van der Waals surface area contributed by atoms with E-state index in [1.165, 1.54) is 12.8 Å². The molecular weight excluding hydrogens is 639 g/mol. The Morgan fingerprint density at radius 2 is 1.94 bits per heavy atom. The summed E-state index contributed by atoms with van der Waals surface area (Å²) in [6.07, 6.45) is 11.4. The van der Waals surface area contributed by atoms with Crippen molar-refractivity contribution in [3.05, 3.63) is 27.4 Å². The lowest BCUT2D eigenvalue weighted by Gasteiger charge is -2.47. The van der Waals surface area contributed by atoms with E-state index in [1.54, 1.807) is 0 Å². The van der Waals surface area contributed by atoms with Crippen molar-refractivity contribution in [2.45, 2.75) is 150 Å². The highest BCUT2D eigenvalue weighted by molar-refractivity contribution is 8.00. The lowest BCUT2D eigenvalue weighted by molar-refractivity contribution is -0.142. The summed E-state index contributed by atoms with van der Waals surface area (Å²) in [7, 11) is 2.25. The molecule has 0 spiro atoms. The molecule has 7 rings (SSSR count). The number of carboxylic acids is 1. The molecule has 9 atom stereocenters. The Morgan fingerprint density at radius 3 is 2.66 bits per heavy atom. The van der Waals surface area contributed by atoms with E-state index >= 15 is 0 Å². The van der Waals surface area contributed by atoms with Crippen LogP contribution >= 0.6 is 23.4 Å². The molecule has 6 aliphatic rings. The molecule has 5 fully saturated rings. The third kappa shape index (κ3) is 6.68. The van der Waals surface area contributed by atoms with E-state index < -0.39 is 12.1 Å². The number of thioether (sulfide) groups is 1. The highest BCUT2D eigenvalue weighted by atomic mass is 35.5. The fourth-order valence-electron chi connectivity index (χ4n) is 10.4. The molecule has 3 heterocycles. The number of carboxylic acid groups (broad SMARTS) is 1. The van der Waals surface area contributed by atoms with Gasteiger partial charge in [-0.15, -0.1) is 11.6 Å². The first-order valence-corrected chi connectivity index (χ1v) is 19.9. The predicted octanol–water partition coefficient (Wildman–Crippen LogP) is 5.38. The smallest absolute Gasteiger partial charge is 0.308 e. The maximum Gasteiger partial charge on any atom is 0.308 e. The molecular formula is C36H54ClFN4O4S. The minimum Gasteiger partial charge on any atom is -0.481 e. The molecule has 0 amide bonds. The lowest BCUT2D eigenvalue weighted by atomic mass is 9.70. The summed E-state index contributed by atoms with van der Waals surface area (Å²) in [5.74, 6) is 1.52. The SMILES string of the molecule is Cc1nc2c(c(=O)n1CCOC1CCC(Cl)CC1C1CC(C)NC3C(C(=O)O)CSC13)C[C@@H](N(C)C1(C3CCC(F)CC3)CC1)CC2. The Bertz CT molecular complexity index is 1370. The summed E-state index contributed by atoms with van der Waals surface area (Å²) >= 11 is 8.57. The molecule has 3 saturated carbocycles. The van der Waals surface area contributed by atoms with E-state index in [4.69, 9.17) is 21.3 Å². The standard InChI is InChI=1S/C36H54ClFN4O4S/c1-20-16-27(33-32(39-20)29(19-47-33)35(44)45)26-17-23(37)6-11-31(26)46-15-14-42-21(2)40-30-10-9-25(18-28(30)34(42)43)41(3)36(12-13-36)22-4-7-24(38)8-5-22/h20,22-27,29,31-33,39H,4-19H2,1-3H3,(H,44,45)/t20?,22?,23?,24?,25-,26?,27?,29?,31?,32?,33?/m0/s1. The van der Waals surface area contributed by atoms with Crippen LogP contribution < -0.4 is 10.9 Å². The van der Waals surface area contributed by atoms with Crippen LogP contribution in [-0.4, -0.2) is 91.5 Å². The highest BCUT2D eigenvalue weighted by Gasteiger charge is 2.55. The van der Waals surface area contributed by atoms with Gasteiger partial charge in [0.05, 0.1) is 30.9 Å². The zero-order valence-corrected chi connectivity index (χ0v) is 29.9. The van der Waals surface area contributed by atoms with Gasteiger partial charge in [0.1, 0.15) is 12.0 Å². The number of carbonyl (C=O) groups is 1. The van der Waals surface area contributed by atoms with Crippen molar-refractivity contribution in [1.82, 2.24) is 19.8 Å². The van der Waals surface area contributed by atoms with Gasteiger partial charge >= 0.3 is 5.97 Å². The molecule has 47 heavy (non-hydrogen) atoms. The summed E-state index contributed by atoms with van der Waals surface area (Å²) in [4.78, 5) is 33.6. The molecule has 0 radical (unpaired) electrons. The number of ether oxygens (including phenoxy) is 1. The molecule has 1 aromatic heterocycles. The zero-order chi connectivity index (χ0) is 33.0. The molecule has 2 N–H and O–H groups in total. The van der Waals surface area contributed by atoms with Gasteiger partial charge in [0, 0.05) is 45.6 Å². The van der Waals surface area contributed by atoms with Crippen molar-refractivity contribution in [3.63, 3.8) is 0 Å². The van der Waals surface area contributed by atoms with Gasteiger partial charge in [0.2, 0.25) is 0 Å². The van der Waals surface area contributed by atoms with Gasteiger partial charge < -0.3 is 15.2 Å². The monoisotopic (exact) mass is 692 g/mol. The van der Waals surface area contributed by atoms with E-state index in [-0.39, 0.29) is 51.7 Å². The fraction of sp³-hybridized carbons (Fsp3) is 0.861. The number of nitrogens with zero attached hydrogens (tertiary/aromatic N) is 3. The number of aliphatic carboxylic acids is 1. The van der Waals surface area contributed by atoms with Crippen LogP contribution in [0.5, 0.6) is 0 Å². The van der Waals surface area contributed by atoms with Crippen molar-refractivity contribution < 1.29 is 19.0 Å². The van der Waals surface area contributed by atoms with Gasteiger partial charge in [-0.05, 0) is 122 Å². The molecule has 8 nitrogen and oxygen atoms in total. The quantitative estimate of drug-likeness (QED) is 0.334. The molecule has 1 aromatic rings. The number of hydrogen-bond acceptors (Lipinski definition) is 7. The zero-order valence-electron chi connectivity index (χ0n) is 28.3. The van der Waals surface area contributed by atoms with Crippen LogP contribution in [0.2, 0.25) is 0 Å². The van der Waals surface area contributed by atoms with Gasteiger partial charge in [-0.25, -0.2) is 9.37 Å². The summed E-state index contributed by atoms with van der Waals surface area (Å²) in [6, 6.07) is 0.545. The van der Waals surface area contributed by atoms with E-state index in [1.807, 2.05) is 23.3 Å². The van der Waals surface area contributed by atoms with Crippen LogP contribution in [0.25, 0.3) is 0 Å². The van der Waals surface area contributed by atoms with Crippen LogP contribution in [0.1, 0.15) is 94.6 Å². The number of aromatic nitrogens is 2. The van der Waals surface area contributed by atoms with Gasteiger partial charge in [-0.3, -0.25) is 19.1 Å². The Kier molecular flexibility index (Phi) is 10.1. The number of piperidine rings is 1. The van der Waals surface area contributed by atoms with Crippen LogP contribution in [0.15, 0.2) is 4.79 Å². The minimum absolute atomic E-state index is 0.0202. The third-order valence-corrected chi connectivity index (χ3v) is 15.2. The number of halogens is 2. The fourth-order valence-corrected chi connectivity index (χ4v) is 12.6. The van der Waals surface area contributed by atoms with Gasteiger partial charge in [0.25, 0.3) is 5.56 Å². The second-order valence-electron chi connectivity index (χ2n) is 15.8. The average molecular weight is 693 g/mol. The largest absolute Gasteiger partial charge is 0.481 e. The second-order valence-corrected chi connectivity index (χ2v) is 17.6. The van der Waals surface area contributed by atoms with Crippen LogP contribution in [-0.2, 0) is 28.9 Å². The first-order valence-electron chi connectivity index (χ1n) is 18.4. The van der Waals surface area contributed by atoms with Gasteiger partial charge in [-0.1, -0.05) is 0 Å². The summed E-state index contributed by atoms with van der Waals surface area (Å²) in [5.41, 5.74) is 2.09. The molecule has 4 aliphatic carbocycles. The Hall–Kier alpha value is -1.20. The van der Waals surface area contributed by atoms with Crippen molar-refractivity contribution in [2.75, 3.05) is 19.4 Å². The molecule has 8 unspecified atom stereocenters. The molecule has 262 valence electrons. The van der Waals surface area contributed by atoms with Gasteiger partial charge in [0.15, 0.2) is 0 Å². The van der Waals surface area contributed by atoms with Crippen molar-refractivity contribution in [1.29, 1.82) is 0 Å². The maximum absolute atomic E-state index is 14.0. The van der Waals surface area contributed by atoms with E-state index in [9.17, 15) is 19.1 Å². The van der Waals surface area contributed by atoms with E-state index in [0.717, 1.165) is 74.9 Å². The van der Waals surface area contributed by atoms with Crippen LogP contribution in [0.3, 0.4) is 0 Å². The summed E-state index contributed by atoms with van der Waals surface area (Å²) in [6.45, 7) is 5.02. The number of fused-ring (bicyclic) bond motifs is 2. The Balaban J connectivity index is 1.02. The minimum atomic E-state index is -0.706. The van der Waals surface area contributed by atoms with Gasteiger partial charge in [-0.2, -0.15) is 11.8 Å². The molecule has 2 saturated heterocycles. The molecule has 0 bridgehead atoms. The Labute approximate surface area is 288 Å². The maximum atomic E-state index is 14.0. The molecule has 0 aromatic carbocycles. The Morgan fingerprint density at radius 1 is 1.17 bits per heavy atom. The number of rotatable bonds is 9. The predicted molar refractivity (Wildman–Crippen MR) is 184 cm³/mol. The topological polar surface area (TPSA) is 96.7 Å². The first kappa shape index (κ1) is 34.3. The van der Waals surface area contributed by atoms with Crippen molar-refractivity contribution in [3.8, 4) is 0 Å². The van der Waals surface area contributed by atoms with Crippen LogP contribution in [0.4, 0.5) is 4.39 Å². The van der Waals surface area contributed by atoms with Crippen LogP contribution in [0, 0.1) is 30.6 Å².